The van der Waals surface area contributed by atoms with Crippen molar-refractivity contribution >= 4 is 11.6 Å². The van der Waals surface area contributed by atoms with E-state index in [2.05, 4.69) is 30.8 Å². The predicted molar refractivity (Wildman–Crippen MR) is 76.3 cm³/mol. The van der Waals surface area contributed by atoms with Gasteiger partial charge in [0, 0.05) is 25.9 Å². The molecule has 0 spiro atoms. The average molecular weight is 274 g/mol. The van der Waals surface area contributed by atoms with Gasteiger partial charge in [0.2, 0.25) is 0 Å². The van der Waals surface area contributed by atoms with Crippen LogP contribution in [0.4, 0.5) is 11.6 Å². The lowest BCUT2D eigenvalue weighted by Gasteiger charge is -2.09. The summed E-state index contributed by atoms with van der Waals surface area (Å²) in [5.74, 6) is 2.11. The molecular formula is C13H18N6O. The van der Waals surface area contributed by atoms with Gasteiger partial charge in [-0.1, -0.05) is 0 Å². The highest BCUT2D eigenvalue weighted by Gasteiger charge is 2.04. The fourth-order valence-electron chi connectivity index (χ4n) is 1.58. The van der Waals surface area contributed by atoms with Crippen LogP contribution in [-0.4, -0.2) is 33.8 Å². The van der Waals surface area contributed by atoms with Gasteiger partial charge in [-0.15, -0.1) is 0 Å². The summed E-state index contributed by atoms with van der Waals surface area (Å²) in [5.41, 5.74) is 0.850. The van der Waals surface area contributed by atoms with Gasteiger partial charge < -0.3 is 15.4 Å². The Kier molecular flexibility index (Phi) is 5.19. The molecule has 0 aliphatic heterocycles. The molecule has 0 atom stereocenters. The first-order chi connectivity index (χ1) is 9.81. The smallest absolute Gasteiger partial charge is 0.158 e. The standard InChI is InChI=1S/C13H18N6O/c1-3-20-9-13-17-11(14-2)7-12(18-13)15-8-10-5-4-6-16-19-10/h4-7H,3,8-9H2,1-2H3,(H2,14,15,17,18). The van der Waals surface area contributed by atoms with E-state index in [9.17, 15) is 0 Å². The normalized spacial score (nSPS) is 10.3. The predicted octanol–water partition coefficient (Wildman–Crippen LogP) is 1.46. The SMILES string of the molecule is CCOCc1nc(NC)cc(NCc2cccnn2)n1. The number of nitrogens with one attached hydrogen (secondary N) is 2. The van der Waals surface area contributed by atoms with Gasteiger partial charge in [-0.25, -0.2) is 9.97 Å². The van der Waals surface area contributed by atoms with Crippen molar-refractivity contribution in [2.75, 3.05) is 24.3 Å². The second-order valence-electron chi connectivity index (χ2n) is 4.01. The largest absolute Gasteiger partial charge is 0.374 e. The third-order valence-electron chi connectivity index (χ3n) is 2.54. The number of nitrogens with zero attached hydrogens (tertiary/aromatic N) is 4. The summed E-state index contributed by atoms with van der Waals surface area (Å²) in [7, 11) is 1.82. The molecule has 0 aliphatic carbocycles. The molecule has 0 aliphatic rings. The molecule has 0 bridgehead atoms. The lowest BCUT2D eigenvalue weighted by Crippen LogP contribution is -2.08. The van der Waals surface area contributed by atoms with E-state index in [0.29, 0.717) is 25.6 Å². The second-order valence-corrected chi connectivity index (χ2v) is 4.01. The number of aromatic nitrogens is 4. The van der Waals surface area contributed by atoms with Crippen LogP contribution in [0.2, 0.25) is 0 Å². The summed E-state index contributed by atoms with van der Waals surface area (Å²) in [4.78, 5) is 8.73. The molecule has 2 aromatic heterocycles. The molecule has 20 heavy (non-hydrogen) atoms. The Hall–Kier alpha value is -2.28. The van der Waals surface area contributed by atoms with Crippen LogP contribution in [0.25, 0.3) is 0 Å². The third-order valence-corrected chi connectivity index (χ3v) is 2.54. The van der Waals surface area contributed by atoms with E-state index in [0.717, 1.165) is 17.3 Å². The molecule has 2 aromatic rings. The summed E-state index contributed by atoms with van der Waals surface area (Å²) >= 11 is 0. The summed E-state index contributed by atoms with van der Waals surface area (Å²) < 4.78 is 5.33. The molecule has 0 unspecified atom stereocenters. The van der Waals surface area contributed by atoms with Crippen LogP contribution in [0.5, 0.6) is 0 Å². The maximum Gasteiger partial charge on any atom is 0.158 e. The lowest BCUT2D eigenvalue weighted by molar-refractivity contribution is 0.128. The highest BCUT2D eigenvalue weighted by atomic mass is 16.5. The van der Waals surface area contributed by atoms with Gasteiger partial charge in [-0.2, -0.15) is 10.2 Å². The minimum Gasteiger partial charge on any atom is -0.374 e. The van der Waals surface area contributed by atoms with E-state index in [1.54, 1.807) is 6.20 Å². The van der Waals surface area contributed by atoms with Crippen molar-refractivity contribution in [1.29, 1.82) is 0 Å². The first kappa shape index (κ1) is 14.1. The molecule has 0 radical (unpaired) electrons. The topological polar surface area (TPSA) is 84.9 Å². The molecule has 0 saturated heterocycles. The second kappa shape index (κ2) is 7.34. The highest BCUT2D eigenvalue weighted by Crippen LogP contribution is 2.12. The Labute approximate surface area is 117 Å². The minimum absolute atomic E-state index is 0.395. The fraction of sp³-hybridized carbons (Fsp3) is 0.385. The maximum atomic E-state index is 5.33. The molecule has 2 N–H and O–H groups in total. The Morgan fingerprint density at radius 3 is 2.80 bits per heavy atom. The third kappa shape index (κ3) is 4.13. The van der Waals surface area contributed by atoms with Crippen molar-refractivity contribution in [3.63, 3.8) is 0 Å². The van der Waals surface area contributed by atoms with Crippen LogP contribution in [0, 0.1) is 0 Å². The van der Waals surface area contributed by atoms with Crippen molar-refractivity contribution < 1.29 is 4.74 Å². The van der Waals surface area contributed by atoms with Gasteiger partial charge in [-0.3, -0.25) is 0 Å². The van der Waals surface area contributed by atoms with Crippen LogP contribution >= 0.6 is 0 Å². The quantitative estimate of drug-likeness (QED) is 0.790. The Bertz CT molecular complexity index is 534. The molecule has 106 valence electrons. The van der Waals surface area contributed by atoms with E-state index < -0.39 is 0 Å². The summed E-state index contributed by atoms with van der Waals surface area (Å²) in [6.45, 7) is 3.53. The first-order valence-corrected chi connectivity index (χ1v) is 6.45. The number of rotatable bonds is 7. The number of hydrogen-bond acceptors (Lipinski definition) is 7. The molecule has 0 fully saturated rings. The van der Waals surface area contributed by atoms with Gasteiger partial charge in [0.05, 0.1) is 12.2 Å². The van der Waals surface area contributed by atoms with Crippen LogP contribution in [-0.2, 0) is 17.9 Å². The highest BCUT2D eigenvalue weighted by molar-refractivity contribution is 5.47. The van der Waals surface area contributed by atoms with Crippen molar-refractivity contribution in [2.24, 2.45) is 0 Å². The van der Waals surface area contributed by atoms with Gasteiger partial charge >= 0.3 is 0 Å². The fourth-order valence-corrected chi connectivity index (χ4v) is 1.58. The maximum absolute atomic E-state index is 5.33. The van der Waals surface area contributed by atoms with Crippen molar-refractivity contribution in [3.05, 3.63) is 35.9 Å². The van der Waals surface area contributed by atoms with Crippen molar-refractivity contribution in [3.8, 4) is 0 Å². The molecule has 0 aromatic carbocycles. The van der Waals surface area contributed by atoms with Crippen LogP contribution < -0.4 is 10.6 Å². The summed E-state index contributed by atoms with van der Waals surface area (Å²) in [6, 6.07) is 5.59. The lowest BCUT2D eigenvalue weighted by atomic mass is 10.4. The number of anilines is 2. The molecule has 2 rings (SSSR count). The zero-order valence-corrected chi connectivity index (χ0v) is 11.6. The monoisotopic (exact) mass is 274 g/mol. The van der Waals surface area contributed by atoms with Gasteiger partial charge in [-0.05, 0) is 19.1 Å². The zero-order chi connectivity index (χ0) is 14.2. The minimum atomic E-state index is 0.395. The van der Waals surface area contributed by atoms with E-state index in [-0.39, 0.29) is 0 Å². The van der Waals surface area contributed by atoms with Gasteiger partial charge in [0.1, 0.15) is 18.2 Å². The Balaban J connectivity index is 2.06. The molecule has 0 amide bonds. The van der Waals surface area contributed by atoms with Crippen molar-refractivity contribution in [2.45, 2.75) is 20.1 Å². The number of ether oxygens (including phenoxy) is 1. The van der Waals surface area contributed by atoms with Gasteiger partial charge in [0.15, 0.2) is 5.82 Å². The molecular weight excluding hydrogens is 256 g/mol. The van der Waals surface area contributed by atoms with E-state index in [1.807, 2.05) is 32.2 Å². The van der Waals surface area contributed by atoms with E-state index in [1.165, 1.54) is 0 Å². The Morgan fingerprint density at radius 1 is 1.25 bits per heavy atom. The van der Waals surface area contributed by atoms with E-state index in [4.69, 9.17) is 4.74 Å². The van der Waals surface area contributed by atoms with Crippen LogP contribution in [0.15, 0.2) is 24.4 Å². The first-order valence-electron chi connectivity index (χ1n) is 6.45. The summed E-state index contributed by atoms with van der Waals surface area (Å²) in [6.07, 6.45) is 1.65. The average Bonchev–Trinajstić information content (AvgIpc) is 2.51. The molecule has 7 heteroatoms. The zero-order valence-electron chi connectivity index (χ0n) is 11.6. The molecule has 7 nitrogen and oxygen atoms in total. The van der Waals surface area contributed by atoms with E-state index >= 15 is 0 Å². The van der Waals surface area contributed by atoms with Crippen LogP contribution in [0.1, 0.15) is 18.4 Å². The van der Waals surface area contributed by atoms with Crippen molar-refractivity contribution in [1.82, 2.24) is 20.2 Å². The van der Waals surface area contributed by atoms with Crippen LogP contribution in [0.3, 0.4) is 0 Å². The molecule has 0 saturated carbocycles. The molecule has 2 heterocycles. The Morgan fingerprint density at radius 2 is 2.10 bits per heavy atom. The number of hydrogen-bond donors (Lipinski definition) is 2. The van der Waals surface area contributed by atoms with Gasteiger partial charge in [0.25, 0.3) is 0 Å². The summed E-state index contributed by atoms with van der Waals surface area (Å²) in [5, 5.41) is 14.1.